The Balaban J connectivity index is 1.65. The van der Waals surface area contributed by atoms with Crippen LogP contribution in [0.4, 0.5) is 0 Å². The zero-order chi connectivity index (χ0) is 18.8. The molecular weight excluding hydrogens is 338 g/mol. The molecule has 136 valence electrons. The maximum atomic E-state index is 13.1. The number of fused-ring (bicyclic) bond motifs is 1. The zero-order valence-corrected chi connectivity index (χ0v) is 15.4. The predicted molar refractivity (Wildman–Crippen MR) is 105 cm³/mol. The normalized spacial score (nSPS) is 11.0. The molecule has 4 rings (SSSR count). The number of carbonyl (C=O) groups is 1. The molecule has 0 atom stereocenters. The number of benzene rings is 2. The largest absolute Gasteiger partial charge is 0.461 e. The standard InChI is InChI=1S/C22H21N3O2/c1-3-20-18(17-11-7-8-12-21(17)27-20)14-24(2)22(26)19-13-23-15-25(19)16-9-5-4-6-10-16/h4-13,15H,3,14H2,1-2H3. The second-order valence-corrected chi connectivity index (χ2v) is 6.50. The Bertz CT molecular complexity index is 1080. The van der Waals surface area contributed by atoms with Gasteiger partial charge in [-0.05, 0) is 18.2 Å². The van der Waals surface area contributed by atoms with Crippen LogP contribution in [0.5, 0.6) is 0 Å². The fraction of sp³-hybridized carbons (Fsp3) is 0.182. The molecule has 5 nitrogen and oxygen atoms in total. The number of carbonyl (C=O) groups excluding carboxylic acids is 1. The SMILES string of the molecule is CCc1oc2ccccc2c1CN(C)C(=O)c1cncn1-c1ccccc1. The van der Waals surface area contributed by atoms with E-state index in [0.29, 0.717) is 12.2 Å². The van der Waals surface area contributed by atoms with E-state index in [9.17, 15) is 4.79 Å². The van der Waals surface area contributed by atoms with Crippen molar-refractivity contribution >= 4 is 16.9 Å². The zero-order valence-electron chi connectivity index (χ0n) is 15.4. The summed E-state index contributed by atoms with van der Waals surface area (Å²) in [4.78, 5) is 19.0. The second-order valence-electron chi connectivity index (χ2n) is 6.50. The third-order valence-electron chi connectivity index (χ3n) is 4.74. The number of rotatable bonds is 5. The van der Waals surface area contributed by atoms with Gasteiger partial charge < -0.3 is 9.32 Å². The van der Waals surface area contributed by atoms with Crippen molar-refractivity contribution in [1.82, 2.24) is 14.5 Å². The molecule has 0 spiro atoms. The molecule has 2 aromatic heterocycles. The number of para-hydroxylation sites is 2. The molecule has 2 aromatic carbocycles. The van der Waals surface area contributed by atoms with Crippen molar-refractivity contribution in [2.24, 2.45) is 0 Å². The third kappa shape index (κ3) is 3.12. The lowest BCUT2D eigenvalue weighted by atomic mass is 10.1. The number of aryl methyl sites for hydroxylation is 1. The quantitative estimate of drug-likeness (QED) is 0.529. The van der Waals surface area contributed by atoms with E-state index in [4.69, 9.17) is 4.42 Å². The average molecular weight is 359 g/mol. The van der Waals surface area contributed by atoms with Crippen LogP contribution in [0, 0.1) is 0 Å². The van der Waals surface area contributed by atoms with Crippen molar-refractivity contribution in [3.8, 4) is 5.69 Å². The Morgan fingerprint density at radius 1 is 1.11 bits per heavy atom. The average Bonchev–Trinajstić information content (AvgIpc) is 3.33. The van der Waals surface area contributed by atoms with Crippen LogP contribution in [0.15, 0.2) is 71.5 Å². The molecule has 0 saturated carbocycles. The number of furan rings is 1. The molecule has 0 N–H and O–H groups in total. The van der Waals surface area contributed by atoms with Gasteiger partial charge in [0.25, 0.3) is 5.91 Å². The lowest BCUT2D eigenvalue weighted by Gasteiger charge is -2.18. The van der Waals surface area contributed by atoms with Crippen LogP contribution in [0.1, 0.15) is 28.7 Å². The Hall–Kier alpha value is -3.34. The van der Waals surface area contributed by atoms with Crippen LogP contribution in [0.2, 0.25) is 0 Å². The summed E-state index contributed by atoms with van der Waals surface area (Å²) in [6.07, 6.45) is 4.06. The van der Waals surface area contributed by atoms with Gasteiger partial charge in [0.15, 0.2) is 0 Å². The van der Waals surface area contributed by atoms with E-state index >= 15 is 0 Å². The molecule has 0 radical (unpaired) electrons. The summed E-state index contributed by atoms with van der Waals surface area (Å²) in [5, 5.41) is 1.06. The highest BCUT2D eigenvalue weighted by Gasteiger charge is 2.21. The van der Waals surface area contributed by atoms with Gasteiger partial charge in [-0.1, -0.05) is 43.3 Å². The number of hydrogen-bond donors (Lipinski definition) is 0. The summed E-state index contributed by atoms with van der Waals surface area (Å²) < 4.78 is 7.77. The molecule has 0 aliphatic rings. The summed E-state index contributed by atoms with van der Waals surface area (Å²) >= 11 is 0. The Morgan fingerprint density at radius 3 is 2.63 bits per heavy atom. The summed E-state index contributed by atoms with van der Waals surface area (Å²) in [7, 11) is 1.81. The summed E-state index contributed by atoms with van der Waals surface area (Å²) in [6, 6.07) is 17.7. The molecule has 2 heterocycles. The first kappa shape index (κ1) is 17.1. The highest BCUT2D eigenvalue weighted by Crippen LogP contribution is 2.27. The molecule has 0 aliphatic carbocycles. The van der Waals surface area contributed by atoms with Crippen LogP contribution >= 0.6 is 0 Å². The van der Waals surface area contributed by atoms with E-state index in [2.05, 4.69) is 11.9 Å². The first-order chi connectivity index (χ1) is 13.2. The van der Waals surface area contributed by atoms with Crippen LogP contribution in [-0.4, -0.2) is 27.4 Å². The Labute approximate surface area is 157 Å². The number of imidazole rings is 1. The second kappa shape index (κ2) is 7.11. The van der Waals surface area contributed by atoms with Gasteiger partial charge in [0.05, 0.1) is 12.5 Å². The lowest BCUT2D eigenvalue weighted by molar-refractivity contribution is 0.0777. The number of hydrogen-bond acceptors (Lipinski definition) is 3. The minimum absolute atomic E-state index is 0.0799. The highest BCUT2D eigenvalue weighted by molar-refractivity contribution is 5.93. The fourth-order valence-electron chi connectivity index (χ4n) is 3.36. The third-order valence-corrected chi connectivity index (χ3v) is 4.74. The first-order valence-corrected chi connectivity index (χ1v) is 9.01. The molecule has 4 aromatic rings. The van der Waals surface area contributed by atoms with Gasteiger partial charge in [0.1, 0.15) is 17.0 Å². The Kier molecular flexibility index (Phi) is 4.50. The maximum absolute atomic E-state index is 13.1. The van der Waals surface area contributed by atoms with Gasteiger partial charge >= 0.3 is 0 Å². The molecule has 0 unspecified atom stereocenters. The van der Waals surface area contributed by atoms with Crippen molar-refractivity contribution in [2.45, 2.75) is 19.9 Å². The molecule has 5 heteroatoms. The molecule has 0 aliphatic heterocycles. The van der Waals surface area contributed by atoms with E-state index in [0.717, 1.165) is 34.4 Å². The van der Waals surface area contributed by atoms with E-state index in [1.54, 1.807) is 17.4 Å². The van der Waals surface area contributed by atoms with E-state index in [1.807, 2.05) is 66.2 Å². The van der Waals surface area contributed by atoms with Crippen LogP contribution in [-0.2, 0) is 13.0 Å². The minimum atomic E-state index is -0.0799. The van der Waals surface area contributed by atoms with Crippen molar-refractivity contribution in [3.63, 3.8) is 0 Å². The highest BCUT2D eigenvalue weighted by atomic mass is 16.3. The molecule has 1 amide bonds. The predicted octanol–water partition coefficient (Wildman–Crippen LogP) is 4.45. The van der Waals surface area contributed by atoms with Crippen LogP contribution < -0.4 is 0 Å². The summed E-state index contributed by atoms with van der Waals surface area (Å²) in [6.45, 7) is 2.55. The van der Waals surface area contributed by atoms with E-state index < -0.39 is 0 Å². The Morgan fingerprint density at radius 2 is 1.85 bits per heavy atom. The van der Waals surface area contributed by atoms with Crippen LogP contribution in [0.25, 0.3) is 16.7 Å². The van der Waals surface area contributed by atoms with Gasteiger partial charge in [-0.15, -0.1) is 0 Å². The van der Waals surface area contributed by atoms with Gasteiger partial charge in [-0.3, -0.25) is 9.36 Å². The number of amides is 1. The minimum Gasteiger partial charge on any atom is -0.461 e. The maximum Gasteiger partial charge on any atom is 0.272 e. The van der Waals surface area contributed by atoms with Gasteiger partial charge in [-0.25, -0.2) is 4.98 Å². The molecule has 0 bridgehead atoms. The topological polar surface area (TPSA) is 51.3 Å². The number of nitrogens with zero attached hydrogens (tertiary/aromatic N) is 3. The summed E-state index contributed by atoms with van der Waals surface area (Å²) in [5.74, 6) is 0.844. The van der Waals surface area contributed by atoms with Gasteiger partial charge in [0.2, 0.25) is 0 Å². The number of aromatic nitrogens is 2. The molecule has 0 fully saturated rings. The van der Waals surface area contributed by atoms with Gasteiger partial charge in [0, 0.05) is 36.7 Å². The van der Waals surface area contributed by atoms with Crippen molar-refractivity contribution in [2.75, 3.05) is 7.05 Å². The van der Waals surface area contributed by atoms with Crippen LogP contribution in [0.3, 0.4) is 0 Å². The van der Waals surface area contributed by atoms with Gasteiger partial charge in [-0.2, -0.15) is 0 Å². The fourth-order valence-corrected chi connectivity index (χ4v) is 3.36. The smallest absolute Gasteiger partial charge is 0.272 e. The molecule has 27 heavy (non-hydrogen) atoms. The summed E-state index contributed by atoms with van der Waals surface area (Å²) in [5.41, 5.74) is 3.37. The lowest BCUT2D eigenvalue weighted by Crippen LogP contribution is -2.28. The molecule has 0 saturated heterocycles. The van der Waals surface area contributed by atoms with E-state index in [-0.39, 0.29) is 5.91 Å². The van der Waals surface area contributed by atoms with Crippen molar-refractivity contribution < 1.29 is 9.21 Å². The van der Waals surface area contributed by atoms with E-state index in [1.165, 1.54) is 0 Å². The monoisotopic (exact) mass is 359 g/mol. The molecular formula is C22H21N3O2. The van der Waals surface area contributed by atoms with Crippen molar-refractivity contribution in [1.29, 1.82) is 0 Å². The first-order valence-electron chi connectivity index (χ1n) is 9.01. The van der Waals surface area contributed by atoms with Crippen molar-refractivity contribution in [3.05, 3.63) is 84.1 Å².